The van der Waals surface area contributed by atoms with Crippen LogP contribution in [0.4, 0.5) is 0 Å². The first kappa shape index (κ1) is 15.8. The van der Waals surface area contributed by atoms with Gasteiger partial charge in [-0.05, 0) is 44.2 Å². The smallest absolute Gasteiger partial charge is 0.303 e. The summed E-state index contributed by atoms with van der Waals surface area (Å²) in [4.78, 5) is 11.3. The summed E-state index contributed by atoms with van der Waals surface area (Å²) in [6.07, 6.45) is 1.88. The Morgan fingerprint density at radius 3 is 2.81 bits per heavy atom. The Hall–Kier alpha value is -1.55. The average molecular weight is 292 g/mol. The van der Waals surface area contributed by atoms with E-state index in [1.54, 1.807) is 7.11 Å². The monoisotopic (exact) mass is 292 g/mol. The van der Waals surface area contributed by atoms with E-state index in [0.29, 0.717) is 12.5 Å². The number of hydrogen-bond acceptors (Lipinski definition) is 3. The first-order chi connectivity index (χ1) is 9.93. The normalized spacial score (nSPS) is 22.5. The molecule has 1 aromatic carbocycles. The van der Waals surface area contributed by atoms with Gasteiger partial charge in [0.05, 0.1) is 19.1 Å². The lowest BCUT2D eigenvalue weighted by atomic mass is 9.75. The molecule has 0 amide bonds. The first-order valence-electron chi connectivity index (χ1n) is 7.41. The van der Waals surface area contributed by atoms with Crippen molar-refractivity contribution in [2.24, 2.45) is 5.92 Å². The molecule has 0 aliphatic carbocycles. The Morgan fingerprint density at radius 1 is 1.48 bits per heavy atom. The van der Waals surface area contributed by atoms with E-state index in [1.165, 1.54) is 0 Å². The zero-order valence-electron chi connectivity index (χ0n) is 13.0. The fourth-order valence-electron chi connectivity index (χ4n) is 3.31. The number of carboxylic acid groups (broad SMARTS) is 1. The summed E-state index contributed by atoms with van der Waals surface area (Å²) in [5.74, 6) is 0.256. The summed E-state index contributed by atoms with van der Waals surface area (Å²) in [6, 6.07) is 7.73. The number of aliphatic carboxylic acids is 1. The molecular weight excluding hydrogens is 268 g/mol. The summed E-state index contributed by atoms with van der Waals surface area (Å²) in [5, 5.41) is 9.30. The van der Waals surface area contributed by atoms with Crippen LogP contribution in [0.2, 0.25) is 0 Å². The zero-order chi connectivity index (χ0) is 15.5. The van der Waals surface area contributed by atoms with Gasteiger partial charge < -0.3 is 14.6 Å². The standard InChI is InChI=1S/C17H24O4/c1-17(2)11-12(8-9-21-17)14(10-16(18)19)13-6-4-5-7-15(13)20-3/h4-7,12,14H,8-11H2,1-3H3,(H,18,19)/t12-,14+/m1/s1. The molecule has 2 rings (SSSR count). The third-order valence-electron chi connectivity index (χ3n) is 4.24. The number of carbonyl (C=O) groups is 1. The fourth-order valence-corrected chi connectivity index (χ4v) is 3.31. The van der Waals surface area contributed by atoms with Crippen LogP contribution in [0.15, 0.2) is 24.3 Å². The van der Waals surface area contributed by atoms with Gasteiger partial charge in [0.25, 0.3) is 0 Å². The third-order valence-corrected chi connectivity index (χ3v) is 4.24. The maximum Gasteiger partial charge on any atom is 0.303 e. The molecule has 4 nitrogen and oxygen atoms in total. The number of carboxylic acids is 1. The van der Waals surface area contributed by atoms with Crippen LogP contribution < -0.4 is 4.74 Å². The van der Waals surface area contributed by atoms with Crippen molar-refractivity contribution >= 4 is 5.97 Å². The second-order valence-electron chi connectivity index (χ2n) is 6.31. The van der Waals surface area contributed by atoms with Gasteiger partial charge in [0.2, 0.25) is 0 Å². The molecular formula is C17H24O4. The number of methoxy groups -OCH3 is 1. The van der Waals surface area contributed by atoms with E-state index in [2.05, 4.69) is 13.8 Å². The molecule has 0 bridgehead atoms. The lowest BCUT2D eigenvalue weighted by molar-refractivity contribution is -0.138. The quantitative estimate of drug-likeness (QED) is 0.903. The number of ether oxygens (including phenoxy) is 2. The second-order valence-corrected chi connectivity index (χ2v) is 6.31. The third kappa shape index (κ3) is 3.97. The Bertz CT molecular complexity index is 495. The van der Waals surface area contributed by atoms with Gasteiger partial charge in [-0.15, -0.1) is 0 Å². The molecule has 0 spiro atoms. The molecule has 21 heavy (non-hydrogen) atoms. The molecule has 1 saturated heterocycles. The molecule has 1 heterocycles. The highest BCUT2D eigenvalue weighted by molar-refractivity contribution is 5.68. The topological polar surface area (TPSA) is 55.8 Å². The Morgan fingerprint density at radius 2 is 2.19 bits per heavy atom. The molecule has 4 heteroatoms. The van der Waals surface area contributed by atoms with Gasteiger partial charge in [-0.3, -0.25) is 4.79 Å². The van der Waals surface area contributed by atoms with Crippen molar-refractivity contribution in [3.63, 3.8) is 0 Å². The van der Waals surface area contributed by atoms with E-state index in [9.17, 15) is 9.90 Å². The van der Waals surface area contributed by atoms with Crippen molar-refractivity contribution in [2.75, 3.05) is 13.7 Å². The summed E-state index contributed by atoms with van der Waals surface area (Å²) in [6.45, 7) is 4.82. The highest BCUT2D eigenvalue weighted by Gasteiger charge is 2.36. The Kier molecular flexibility index (Phi) is 4.88. The largest absolute Gasteiger partial charge is 0.496 e. The number of hydrogen-bond donors (Lipinski definition) is 1. The van der Waals surface area contributed by atoms with E-state index >= 15 is 0 Å². The molecule has 0 radical (unpaired) electrons. The lowest BCUT2D eigenvalue weighted by Crippen LogP contribution is -2.36. The highest BCUT2D eigenvalue weighted by Crippen LogP contribution is 2.42. The SMILES string of the molecule is COc1ccccc1[C@@H](CC(=O)O)[C@@H]1CCOC(C)(C)C1. The Labute approximate surface area is 126 Å². The predicted octanol–water partition coefficient (Wildman–Crippen LogP) is 3.46. The van der Waals surface area contributed by atoms with Crippen LogP contribution in [0.5, 0.6) is 5.75 Å². The van der Waals surface area contributed by atoms with E-state index in [-0.39, 0.29) is 17.9 Å². The molecule has 1 fully saturated rings. The van der Waals surface area contributed by atoms with Crippen LogP contribution in [0.3, 0.4) is 0 Å². The van der Waals surface area contributed by atoms with Gasteiger partial charge in [-0.2, -0.15) is 0 Å². The van der Waals surface area contributed by atoms with Gasteiger partial charge in [0.1, 0.15) is 5.75 Å². The second kappa shape index (κ2) is 6.48. The zero-order valence-corrected chi connectivity index (χ0v) is 13.0. The molecule has 1 aliphatic heterocycles. The van der Waals surface area contributed by atoms with Crippen molar-refractivity contribution in [3.05, 3.63) is 29.8 Å². The molecule has 0 saturated carbocycles. The number of rotatable bonds is 5. The van der Waals surface area contributed by atoms with E-state index in [4.69, 9.17) is 9.47 Å². The molecule has 1 aliphatic rings. The Balaban J connectivity index is 2.31. The minimum atomic E-state index is -0.768. The summed E-state index contributed by atoms with van der Waals surface area (Å²) in [5.41, 5.74) is 0.798. The molecule has 1 N–H and O–H groups in total. The van der Waals surface area contributed by atoms with Crippen molar-refractivity contribution in [1.82, 2.24) is 0 Å². The average Bonchev–Trinajstić information content (AvgIpc) is 2.43. The van der Waals surface area contributed by atoms with E-state index in [0.717, 1.165) is 24.2 Å². The van der Waals surface area contributed by atoms with Crippen LogP contribution in [-0.2, 0) is 9.53 Å². The van der Waals surface area contributed by atoms with Gasteiger partial charge in [0.15, 0.2) is 0 Å². The van der Waals surface area contributed by atoms with Crippen molar-refractivity contribution in [1.29, 1.82) is 0 Å². The minimum Gasteiger partial charge on any atom is -0.496 e. The van der Waals surface area contributed by atoms with E-state index in [1.807, 2.05) is 24.3 Å². The van der Waals surface area contributed by atoms with Gasteiger partial charge in [0, 0.05) is 12.5 Å². The van der Waals surface area contributed by atoms with Crippen LogP contribution >= 0.6 is 0 Å². The first-order valence-corrected chi connectivity index (χ1v) is 7.41. The number of para-hydroxylation sites is 1. The maximum absolute atomic E-state index is 11.3. The maximum atomic E-state index is 11.3. The fraction of sp³-hybridized carbons (Fsp3) is 0.588. The molecule has 1 aromatic rings. The van der Waals surface area contributed by atoms with Crippen molar-refractivity contribution in [3.8, 4) is 5.75 Å². The van der Waals surface area contributed by atoms with Crippen LogP contribution in [0.1, 0.15) is 44.6 Å². The minimum absolute atomic E-state index is 0.0400. The van der Waals surface area contributed by atoms with E-state index < -0.39 is 5.97 Å². The lowest BCUT2D eigenvalue weighted by Gasteiger charge is -2.39. The van der Waals surface area contributed by atoms with Gasteiger partial charge in [-0.25, -0.2) is 0 Å². The predicted molar refractivity (Wildman–Crippen MR) is 80.7 cm³/mol. The molecule has 0 aromatic heterocycles. The molecule has 116 valence electrons. The summed E-state index contributed by atoms with van der Waals surface area (Å²) in [7, 11) is 1.63. The molecule has 2 atom stereocenters. The van der Waals surface area contributed by atoms with Gasteiger partial charge in [-0.1, -0.05) is 18.2 Å². The molecule has 0 unspecified atom stereocenters. The number of benzene rings is 1. The summed E-state index contributed by atoms with van der Waals surface area (Å²) >= 11 is 0. The highest BCUT2D eigenvalue weighted by atomic mass is 16.5. The van der Waals surface area contributed by atoms with Crippen LogP contribution in [0.25, 0.3) is 0 Å². The van der Waals surface area contributed by atoms with Crippen LogP contribution in [0, 0.1) is 5.92 Å². The van der Waals surface area contributed by atoms with Gasteiger partial charge >= 0.3 is 5.97 Å². The van der Waals surface area contributed by atoms with Crippen molar-refractivity contribution in [2.45, 2.75) is 44.6 Å². The summed E-state index contributed by atoms with van der Waals surface area (Å²) < 4.78 is 11.2. The van der Waals surface area contributed by atoms with Crippen molar-refractivity contribution < 1.29 is 19.4 Å². The van der Waals surface area contributed by atoms with Crippen LogP contribution in [-0.4, -0.2) is 30.4 Å².